The first-order valence-corrected chi connectivity index (χ1v) is 7.50. The summed E-state index contributed by atoms with van der Waals surface area (Å²) in [6.07, 6.45) is -0.804. The second-order valence-electron chi connectivity index (χ2n) is 6.11. The summed E-state index contributed by atoms with van der Waals surface area (Å²) in [6, 6.07) is 8.54. The van der Waals surface area contributed by atoms with Gasteiger partial charge in [-0.15, -0.1) is 0 Å². The van der Waals surface area contributed by atoms with E-state index in [4.69, 9.17) is 15.0 Å². The predicted molar refractivity (Wildman–Crippen MR) is 88.0 cm³/mol. The Kier molecular flexibility index (Phi) is 7.58. The smallest absolute Gasteiger partial charge is 0.407 e. The Bertz CT molecular complexity index is 592. The molecule has 0 bridgehead atoms. The molecule has 24 heavy (non-hydrogen) atoms. The van der Waals surface area contributed by atoms with Crippen molar-refractivity contribution in [3.05, 3.63) is 46.3 Å². The molecular weight excluding hydrogens is 312 g/mol. The Hall–Kier alpha value is -2.73. The molecule has 0 heterocycles. The third-order valence-corrected chi connectivity index (χ3v) is 2.74. The molecule has 1 atom stereocenters. The molecule has 0 aliphatic rings. The van der Waals surface area contributed by atoms with E-state index >= 15 is 0 Å². The molecule has 0 unspecified atom stereocenters. The zero-order chi connectivity index (χ0) is 18.0. The van der Waals surface area contributed by atoms with Crippen LogP contribution in [0, 0.1) is 0 Å². The minimum atomic E-state index is -0.695. The second-order valence-corrected chi connectivity index (χ2v) is 6.11. The molecule has 8 heteroatoms. The van der Waals surface area contributed by atoms with Crippen LogP contribution in [0.3, 0.4) is 0 Å². The lowest BCUT2D eigenvalue weighted by molar-refractivity contribution is -0.145. The average molecular weight is 334 g/mol. The fourth-order valence-electron chi connectivity index (χ4n) is 1.77. The average Bonchev–Trinajstić information content (AvgIpc) is 2.49. The second kappa shape index (κ2) is 9.42. The molecule has 1 amide bonds. The Morgan fingerprint density at radius 3 is 2.54 bits per heavy atom. The monoisotopic (exact) mass is 334 g/mol. The van der Waals surface area contributed by atoms with Crippen LogP contribution in [0.2, 0.25) is 0 Å². The standard InChI is InChI=1S/C16H22N4O4/c1-16(2,3)24-15(22)19-13(10-18-20-17)9-14(21)23-11-12-7-5-4-6-8-12/h4-8,13H,9-11H2,1-3H3,(H,19,22)/t13-/m0/s1. The molecule has 1 N–H and O–H groups in total. The zero-order valence-corrected chi connectivity index (χ0v) is 14.1. The van der Waals surface area contributed by atoms with Crippen molar-refractivity contribution < 1.29 is 19.1 Å². The molecule has 0 fully saturated rings. The van der Waals surface area contributed by atoms with Gasteiger partial charge < -0.3 is 14.8 Å². The molecular formula is C16H22N4O4. The number of nitrogens with one attached hydrogen (secondary N) is 1. The van der Waals surface area contributed by atoms with Gasteiger partial charge in [0.15, 0.2) is 0 Å². The number of hydrogen-bond donors (Lipinski definition) is 1. The number of rotatable bonds is 7. The van der Waals surface area contributed by atoms with E-state index < -0.39 is 23.7 Å². The molecule has 1 rings (SSSR count). The molecule has 0 aromatic heterocycles. The van der Waals surface area contributed by atoms with E-state index in [1.807, 2.05) is 30.3 Å². The molecule has 8 nitrogen and oxygen atoms in total. The van der Waals surface area contributed by atoms with Crippen molar-refractivity contribution in [2.24, 2.45) is 5.11 Å². The summed E-state index contributed by atoms with van der Waals surface area (Å²) in [7, 11) is 0. The van der Waals surface area contributed by atoms with Crippen LogP contribution < -0.4 is 5.32 Å². The number of alkyl carbamates (subject to hydrolysis) is 1. The van der Waals surface area contributed by atoms with Crippen LogP contribution in [-0.4, -0.2) is 30.3 Å². The van der Waals surface area contributed by atoms with Gasteiger partial charge in [0.1, 0.15) is 12.2 Å². The van der Waals surface area contributed by atoms with Crippen molar-refractivity contribution in [3.8, 4) is 0 Å². The van der Waals surface area contributed by atoms with E-state index in [1.54, 1.807) is 20.8 Å². The molecule has 0 saturated carbocycles. The van der Waals surface area contributed by atoms with Crippen LogP contribution in [-0.2, 0) is 20.9 Å². The highest BCUT2D eigenvalue weighted by Crippen LogP contribution is 2.08. The van der Waals surface area contributed by atoms with Gasteiger partial charge in [-0.25, -0.2) is 4.79 Å². The Morgan fingerprint density at radius 1 is 1.29 bits per heavy atom. The van der Waals surface area contributed by atoms with E-state index in [-0.39, 0.29) is 19.6 Å². The number of nitrogens with zero attached hydrogens (tertiary/aromatic N) is 3. The van der Waals surface area contributed by atoms with Crippen LogP contribution in [0.15, 0.2) is 35.4 Å². The van der Waals surface area contributed by atoms with Gasteiger partial charge in [-0.3, -0.25) is 4.79 Å². The molecule has 0 radical (unpaired) electrons. The normalized spacial score (nSPS) is 11.8. The maximum absolute atomic E-state index is 11.9. The van der Waals surface area contributed by atoms with Gasteiger partial charge in [0.25, 0.3) is 0 Å². The Labute approximate surface area is 140 Å². The van der Waals surface area contributed by atoms with Gasteiger partial charge in [0, 0.05) is 17.5 Å². The van der Waals surface area contributed by atoms with Crippen LogP contribution in [0.1, 0.15) is 32.8 Å². The fraction of sp³-hybridized carbons (Fsp3) is 0.500. The van der Waals surface area contributed by atoms with Crippen molar-refractivity contribution in [3.63, 3.8) is 0 Å². The predicted octanol–water partition coefficient (Wildman–Crippen LogP) is 3.32. The van der Waals surface area contributed by atoms with Crippen LogP contribution >= 0.6 is 0 Å². The third kappa shape index (κ3) is 8.65. The quantitative estimate of drug-likeness (QED) is 0.356. The summed E-state index contributed by atoms with van der Waals surface area (Å²) in [5.41, 5.74) is 8.61. The molecule has 1 aromatic rings. The Balaban J connectivity index is 2.53. The summed E-state index contributed by atoms with van der Waals surface area (Å²) in [5.74, 6) is -0.506. The highest BCUT2D eigenvalue weighted by molar-refractivity contribution is 5.73. The number of benzene rings is 1. The van der Waals surface area contributed by atoms with E-state index in [2.05, 4.69) is 15.3 Å². The topological polar surface area (TPSA) is 113 Å². The lowest BCUT2D eigenvalue weighted by Gasteiger charge is -2.22. The van der Waals surface area contributed by atoms with Crippen molar-refractivity contribution in [2.45, 2.75) is 45.4 Å². The zero-order valence-electron chi connectivity index (χ0n) is 14.1. The molecule has 0 saturated heterocycles. The van der Waals surface area contributed by atoms with Gasteiger partial charge in [0.2, 0.25) is 0 Å². The number of carbonyl (C=O) groups is 2. The highest BCUT2D eigenvalue weighted by Gasteiger charge is 2.21. The highest BCUT2D eigenvalue weighted by atomic mass is 16.6. The molecule has 0 spiro atoms. The first kappa shape index (κ1) is 19.3. The van der Waals surface area contributed by atoms with Gasteiger partial charge in [0.05, 0.1) is 6.42 Å². The summed E-state index contributed by atoms with van der Waals surface area (Å²) in [5, 5.41) is 5.91. The maximum Gasteiger partial charge on any atom is 0.407 e. The minimum Gasteiger partial charge on any atom is -0.461 e. The molecule has 0 aliphatic carbocycles. The first-order chi connectivity index (χ1) is 11.3. The Morgan fingerprint density at radius 2 is 1.96 bits per heavy atom. The van der Waals surface area contributed by atoms with E-state index in [0.29, 0.717) is 0 Å². The van der Waals surface area contributed by atoms with Crippen molar-refractivity contribution >= 4 is 12.1 Å². The van der Waals surface area contributed by atoms with Crippen molar-refractivity contribution in [2.75, 3.05) is 6.54 Å². The van der Waals surface area contributed by atoms with Gasteiger partial charge in [-0.1, -0.05) is 35.4 Å². The molecule has 130 valence electrons. The minimum absolute atomic E-state index is 0.0732. The van der Waals surface area contributed by atoms with Crippen LogP contribution in [0.4, 0.5) is 4.79 Å². The largest absolute Gasteiger partial charge is 0.461 e. The number of amides is 1. The van der Waals surface area contributed by atoms with E-state index in [9.17, 15) is 9.59 Å². The number of ether oxygens (including phenoxy) is 2. The summed E-state index contributed by atoms with van der Waals surface area (Å²) >= 11 is 0. The van der Waals surface area contributed by atoms with Gasteiger partial charge in [-0.05, 0) is 31.9 Å². The lowest BCUT2D eigenvalue weighted by Crippen LogP contribution is -2.42. The molecule has 0 aliphatic heterocycles. The van der Waals surface area contributed by atoms with Crippen molar-refractivity contribution in [1.29, 1.82) is 0 Å². The van der Waals surface area contributed by atoms with Crippen LogP contribution in [0.25, 0.3) is 10.4 Å². The summed E-state index contributed by atoms with van der Waals surface area (Å²) in [6.45, 7) is 5.24. The summed E-state index contributed by atoms with van der Waals surface area (Å²) < 4.78 is 10.3. The lowest BCUT2D eigenvalue weighted by atomic mass is 10.2. The van der Waals surface area contributed by atoms with Crippen LogP contribution in [0.5, 0.6) is 0 Å². The van der Waals surface area contributed by atoms with Crippen molar-refractivity contribution in [1.82, 2.24) is 5.32 Å². The molecule has 1 aromatic carbocycles. The van der Waals surface area contributed by atoms with E-state index in [1.165, 1.54) is 0 Å². The number of hydrogen-bond acceptors (Lipinski definition) is 5. The maximum atomic E-state index is 11.9. The van der Waals surface area contributed by atoms with Gasteiger partial charge in [-0.2, -0.15) is 0 Å². The third-order valence-electron chi connectivity index (χ3n) is 2.74. The van der Waals surface area contributed by atoms with E-state index in [0.717, 1.165) is 5.56 Å². The summed E-state index contributed by atoms with van der Waals surface area (Å²) in [4.78, 5) is 26.3. The first-order valence-electron chi connectivity index (χ1n) is 7.50. The number of azide groups is 1. The SMILES string of the molecule is CC(C)(C)OC(=O)N[C@H](CN=[N+]=[N-])CC(=O)OCc1ccccc1. The number of esters is 1. The fourth-order valence-corrected chi connectivity index (χ4v) is 1.77. The van der Waals surface area contributed by atoms with Gasteiger partial charge >= 0.3 is 12.1 Å². The number of carbonyl (C=O) groups excluding carboxylic acids is 2.